The van der Waals surface area contributed by atoms with Crippen LogP contribution in [0.25, 0.3) is 5.57 Å². The fraction of sp³-hybridized carbons (Fsp3) is 0.594. The van der Waals surface area contributed by atoms with Crippen LogP contribution in [0.1, 0.15) is 79.7 Å². The number of hydrogen-bond donors (Lipinski definition) is 2. The monoisotopic (exact) mass is 570 g/mol. The van der Waals surface area contributed by atoms with E-state index in [9.17, 15) is 19.5 Å². The van der Waals surface area contributed by atoms with Gasteiger partial charge in [-0.25, -0.2) is 9.59 Å². The van der Waals surface area contributed by atoms with Gasteiger partial charge in [-0.3, -0.25) is 4.79 Å². The smallest absolute Gasteiger partial charge is 0.408 e. The average Bonchev–Trinajstić information content (AvgIpc) is 3.27. The van der Waals surface area contributed by atoms with Crippen LogP contribution < -0.4 is 5.32 Å². The summed E-state index contributed by atoms with van der Waals surface area (Å²) in [6.07, 6.45) is 9.06. The molecular formula is C32H46N2O5S. The maximum absolute atomic E-state index is 14.1. The number of amides is 2. The number of carboxylic acid groups (broad SMARTS) is 1. The van der Waals surface area contributed by atoms with Crippen molar-refractivity contribution in [2.24, 2.45) is 11.3 Å². The van der Waals surface area contributed by atoms with Crippen LogP contribution >= 0.6 is 11.8 Å². The molecule has 1 aromatic carbocycles. The Labute approximate surface area is 243 Å². The Morgan fingerprint density at radius 1 is 1.15 bits per heavy atom. The molecule has 40 heavy (non-hydrogen) atoms. The van der Waals surface area contributed by atoms with Crippen molar-refractivity contribution >= 4 is 35.3 Å². The van der Waals surface area contributed by atoms with Crippen molar-refractivity contribution in [3.63, 3.8) is 0 Å². The lowest BCUT2D eigenvalue weighted by molar-refractivity contribution is -0.150. The van der Waals surface area contributed by atoms with E-state index in [4.69, 9.17) is 4.74 Å². The summed E-state index contributed by atoms with van der Waals surface area (Å²) in [6, 6.07) is 8.30. The van der Waals surface area contributed by atoms with Gasteiger partial charge >= 0.3 is 12.1 Å². The van der Waals surface area contributed by atoms with Gasteiger partial charge in [-0.15, -0.1) is 0 Å². The van der Waals surface area contributed by atoms with Gasteiger partial charge in [-0.1, -0.05) is 82.7 Å². The number of ether oxygens (including phenoxy) is 1. The molecule has 0 radical (unpaired) electrons. The molecule has 1 heterocycles. The Kier molecular flexibility index (Phi) is 10.2. The van der Waals surface area contributed by atoms with E-state index in [1.54, 1.807) is 32.5 Å². The third kappa shape index (κ3) is 7.93. The third-order valence-electron chi connectivity index (χ3n) is 7.47. The summed E-state index contributed by atoms with van der Waals surface area (Å²) in [5.74, 6) is -0.433. The molecule has 0 spiro atoms. The first-order valence-corrected chi connectivity index (χ1v) is 15.3. The van der Waals surface area contributed by atoms with Gasteiger partial charge in [-0.2, -0.15) is 11.8 Å². The Hall–Kier alpha value is -2.74. The van der Waals surface area contributed by atoms with Crippen molar-refractivity contribution in [1.29, 1.82) is 0 Å². The van der Waals surface area contributed by atoms with E-state index in [2.05, 4.69) is 42.6 Å². The molecule has 1 aromatic rings. The molecule has 220 valence electrons. The first-order valence-electron chi connectivity index (χ1n) is 14.3. The number of carbonyl (C=O) groups is 3. The normalized spacial score (nSPS) is 23.9. The van der Waals surface area contributed by atoms with Gasteiger partial charge in [0.15, 0.2) is 0 Å². The summed E-state index contributed by atoms with van der Waals surface area (Å²) in [5, 5.41) is 13.1. The van der Waals surface area contributed by atoms with E-state index in [1.807, 2.05) is 39.0 Å². The molecule has 2 amide bonds. The van der Waals surface area contributed by atoms with E-state index >= 15 is 0 Å². The van der Waals surface area contributed by atoms with E-state index < -0.39 is 39.9 Å². The Morgan fingerprint density at radius 2 is 1.82 bits per heavy atom. The largest absolute Gasteiger partial charge is 0.480 e. The van der Waals surface area contributed by atoms with Crippen molar-refractivity contribution < 1.29 is 24.2 Å². The zero-order chi connectivity index (χ0) is 29.7. The van der Waals surface area contributed by atoms with E-state index in [0.29, 0.717) is 13.0 Å². The number of likely N-dealkylation sites (tertiary alicyclic amines) is 1. The number of nitrogens with zero attached hydrogens (tertiary/aromatic N) is 1. The lowest BCUT2D eigenvalue weighted by Gasteiger charge is -2.38. The highest BCUT2D eigenvalue weighted by atomic mass is 32.2. The molecule has 4 atom stereocenters. The number of alkyl carbamates (subject to hydrolysis) is 1. The topological polar surface area (TPSA) is 95.9 Å². The minimum atomic E-state index is -1.02. The van der Waals surface area contributed by atoms with Crippen LogP contribution in [-0.4, -0.2) is 62.7 Å². The number of aliphatic carboxylic acids is 1. The second-order valence-electron chi connectivity index (χ2n) is 13.0. The Morgan fingerprint density at radius 3 is 2.35 bits per heavy atom. The Balaban J connectivity index is 1.91. The molecule has 8 heteroatoms. The van der Waals surface area contributed by atoms with E-state index in [-0.39, 0.29) is 11.8 Å². The van der Waals surface area contributed by atoms with Crippen LogP contribution in [0.15, 0.2) is 48.6 Å². The minimum Gasteiger partial charge on any atom is -0.480 e. The van der Waals surface area contributed by atoms with E-state index in [1.165, 1.54) is 4.90 Å². The molecule has 1 aliphatic heterocycles. The molecule has 0 bridgehead atoms. The summed E-state index contributed by atoms with van der Waals surface area (Å²) in [6.45, 7) is 13.3. The molecule has 3 rings (SSSR count). The van der Waals surface area contributed by atoms with Gasteiger partial charge in [0.2, 0.25) is 5.91 Å². The van der Waals surface area contributed by atoms with Crippen LogP contribution in [0, 0.1) is 11.3 Å². The van der Waals surface area contributed by atoms with Crippen molar-refractivity contribution in [3.8, 4) is 0 Å². The quantitative estimate of drug-likeness (QED) is 0.327. The van der Waals surface area contributed by atoms with Crippen molar-refractivity contribution in [2.75, 3.05) is 12.3 Å². The van der Waals surface area contributed by atoms with Crippen LogP contribution in [0.4, 0.5) is 4.79 Å². The average molecular weight is 571 g/mol. The Bertz CT molecular complexity index is 1120. The number of carbonyl (C=O) groups excluding carboxylic acids is 2. The second kappa shape index (κ2) is 12.8. The predicted molar refractivity (Wildman–Crippen MR) is 162 cm³/mol. The number of rotatable bonds is 9. The van der Waals surface area contributed by atoms with Gasteiger partial charge in [0, 0.05) is 11.3 Å². The maximum atomic E-state index is 14.1. The van der Waals surface area contributed by atoms with Gasteiger partial charge in [0.05, 0.1) is 0 Å². The number of hydrogen-bond acceptors (Lipinski definition) is 5. The van der Waals surface area contributed by atoms with Crippen molar-refractivity contribution in [3.05, 3.63) is 54.1 Å². The van der Waals surface area contributed by atoms with Crippen molar-refractivity contribution in [2.45, 2.75) is 96.6 Å². The SMILES string of the molecule is CCCCS[C@@]1(C2C=CC(c3ccccc3)=CC2)C[C@@H](C(=O)O)N(C(=O)[C@@H](NC(=O)OC(C)(C)C)C(C)(C)C)C1. The number of unbranched alkanes of at least 4 members (excludes halogenated alkanes) is 1. The minimum absolute atomic E-state index is 0.0772. The molecule has 7 nitrogen and oxygen atoms in total. The van der Waals surface area contributed by atoms with Crippen LogP contribution in [-0.2, 0) is 14.3 Å². The van der Waals surface area contributed by atoms with Crippen LogP contribution in [0.5, 0.6) is 0 Å². The van der Waals surface area contributed by atoms with Crippen LogP contribution in [0.3, 0.4) is 0 Å². The van der Waals surface area contributed by atoms with Crippen LogP contribution in [0.2, 0.25) is 0 Å². The first kappa shape index (κ1) is 31.8. The number of thioether (sulfide) groups is 1. The molecule has 2 aliphatic rings. The lowest BCUT2D eigenvalue weighted by Crippen LogP contribution is -2.57. The predicted octanol–water partition coefficient (Wildman–Crippen LogP) is 6.54. The highest BCUT2D eigenvalue weighted by molar-refractivity contribution is 8.00. The summed E-state index contributed by atoms with van der Waals surface area (Å²) >= 11 is 1.79. The standard InChI is InChI=1S/C32H46N2O5S/c1-8-9-19-40-32(24-17-15-23(16-18-24)22-13-11-10-12-14-22)20-25(28(36)37)34(21-32)27(35)26(30(2,3)4)33-29(38)39-31(5,6)7/h10-17,24-26H,8-9,18-21H2,1-7H3,(H,33,38)(H,36,37)/t24?,25-,26+,32-/m0/s1. The molecule has 2 N–H and O–H groups in total. The molecule has 0 saturated carbocycles. The molecule has 1 aliphatic carbocycles. The zero-order valence-corrected chi connectivity index (χ0v) is 25.8. The highest BCUT2D eigenvalue weighted by Crippen LogP contribution is 2.48. The molecule has 1 unspecified atom stereocenters. The highest BCUT2D eigenvalue weighted by Gasteiger charge is 2.54. The first-order chi connectivity index (χ1) is 18.7. The summed E-state index contributed by atoms with van der Waals surface area (Å²) < 4.78 is 4.99. The number of nitrogens with one attached hydrogen (secondary N) is 1. The fourth-order valence-electron chi connectivity index (χ4n) is 5.35. The number of carboxylic acids is 1. The number of allylic oxidation sites excluding steroid dienone is 4. The molecule has 0 aromatic heterocycles. The zero-order valence-electron chi connectivity index (χ0n) is 25.0. The fourth-order valence-corrected chi connectivity index (χ4v) is 7.08. The summed E-state index contributed by atoms with van der Waals surface area (Å²) in [5.41, 5.74) is 0.922. The van der Waals surface area contributed by atoms with Crippen molar-refractivity contribution in [1.82, 2.24) is 10.2 Å². The van der Waals surface area contributed by atoms with Gasteiger partial charge in [-0.05, 0) is 68.3 Å². The van der Waals surface area contributed by atoms with Gasteiger partial charge < -0.3 is 20.1 Å². The third-order valence-corrected chi connectivity index (χ3v) is 9.13. The summed E-state index contributed by atoms with van der Waals surface area (Å²) in [7, 11) is 0. The second-order valence-corrected chi connectivity index (χ2v) is 14.5. The van der Waals surface area contributed by atoms with E-state index in [0.717, 1.165) is 36.2 Å². The lowest BCUT2D eigenvalue weighted by atomic mass is 9.82. The molecular weight excluding hydrogens is 524 g/mol. The summed E-state index contributed by atoms with van der Waals surface area (Å²) in [4.78, 5) is 40.9. The molecule has 1 saturated heterocycles. The maximum Gasteiger partial charge on any atom is 0.408 e. The molecule has 1 fully saturated rings. The van der Waals surface area contributed by atoms with Gasteiger partial charge in [0.25, 0.3) is 0 Å². The number of benzene rings is 1. The van der Waals surface area contributed by atoms with Gasteiger partial charge in [0.1, 0.15) is 17.7 Å².